The van der Waals surface area contributed by atoms with E-state index >= 15 is 0 Å². The van der Waals surface area contributed by atoms with E-state index in [1.807, 2.05) is 42.5 Å². The van der Waals surface area contributed by atoms with Crippen LogP contribution < -0.4 is 16.7 Å². The number of H-pyrrole nitrogens is 1. The summed E-state index contributed by atoms with van der Waals surface area (Å²) in [7, 11) is 1.54. The van der Waals surface area contributed by atoms with Crippen molar-refractivity contribution in [2.45, 2.75) is 6.54 Å². The SMILES string of the molecule is Cn1c(=O)[nH]c(=O)c2c1nc(N/N=C\c1ccc(Br)cc1)n2Cc1ccccc1Cl. The first-order valence-corrected chi connectivity index (χ1v) is 10.1. The molecule has 0 bridgehead atoms. The highest BCUT2D eigenvalue weighted by atomic mass is 79.9. The smallest absolute Gasteiger partial charge is 0.298 e. The van der Waals surface area contributed by atoms with E-state index < -0.39 is 11.2 Å². The van der Waals surface area contributed by atoms with Gasteiger partial charge in [0, 0.05) is 16.5 Å². The summed E-state index contributed by atoms with van der Waals surface area (Å²) in [6.07, 6.45) is 1.63. The largest absolute Gasteiger partial charge is 0.329 e. The van der Waals surface area contributed by atoms with Gasteiger partial charge in [-0.1, -0.05) is 57.9 Å². The van der Waals surface area contributed by atoms with E-state index in [2.05, 4.69) is 36.4 Å². The number of aryl methyl sites for hydroxylation is 1. The minimum absolute atomic E-state index is 0.247. The molecule has 8 nitrogen and oxygen atoms in total. The summed E-state index contributed by atoms with van der Waals surface area (Å²) < 4.78 is 3.89. The van der Waals surface area contributed by atoms with Crippen molar-refractivity contribution in [3.63, 3.8) is 0 Å². The maximum absolute atomic E-state index is 12.6. The molecule has 0 saturated heterocycles. The van der Waals surface area contributed by atoms with Crippen LogP contribution in [0.25, 0.3) is 11.2 Å². The number of nitrogens with one attached hydrogen (secondary N) is 2. The predicted molar refractivity (Wildman–Crippen MR) is 122 cm³/mol. The first-order chi connectivity index (χ1) is 14.4. The zero-order chi connectivity index (χ0) is 21.3. The molecule has 2 N–H and O–H groups in total. The van der Waals surface area contributed by atoms with Crippen LogP contribution in [0, 0.1) is 0 Å². The number of benzene rings is 2. The fraction of sp³-hybridized carbons (Fsp3) is 0.100. The zero-order valence-corrected chi connectivity index (χ0v) is 18.1. The molecule has 0 aliphatic rings. The summed E-state index contributed by atoms with van der Waals surface area (Å²) in [6.45, 7) is 0.271. The highest BCUT2D eigenvalue weighted by Gasteiger charge is 2.18. The number of hydrogen-bond acceptors (Lipinski definition) is 5. The molecule has 152 valence electrons. The van der Waals surface area contributed by atoms with Crippen LogP contribution in [-0.4, -0.2) is 25.3 Å². The van der Waals surface area contributed by atoms with Gasteiger partial charge in [0.15, 0.2) is 11.2 Å². The Morgan fingerprint density at radius 3 is 2.67 bits per heavy atom. The maximum atomic E-state index is 12.6. The second-order valence-electron chi connectivity index (χ2n) is 6.53. The number of fused-ring (bicyclic) bond motifs is 1. The molecule has 0 radical (unpaired) electrons. The number of nitrogens with zero attached hydrogens (tertiary/aromatic N) is 4. The van der Waals surface area contributed by atoms with Gasteiger partial charge >= 0.3 is 5.69 Å². The van der Waals surface area contributed by atoms with Crippen molar-refractivity contribution in [2.75, 3.05) is 5.43 Å². The molecule has 10 heteroatoms. The topological polar surface area (TPSA) is 97.1 Å². The highest BCUT2D eigenvalue weighted by Crippen LogP contribution is 2.22. The molecule has 0 aliphatic carbocycles. The van der Waals surface area contributed by atoms with Gasteiger partial charge in [0.1, 0.15) is 0 Å². The van der Waals surface area contributed by atoms with Gasteiger partial charge in [-0.25, -0.2) is 10.2 Å². The number of aromatic nitrogens is 4. The van der Waals surface area contributed by atoms with Crippen molar-refractivity contribution in [1.29, 1.82) is 0 Å². The van der Waals surface area contributed by atoms with E-state index in [-0.39, 0.29) is 17.7 Å². The fourth-order valence-electron chi connectivity index (χ4n) is 2.98. The lowest BCUT2D eigenvalue weighted by molar-refractivity contribution is 0.808. The van der Waals surface area contributed by atoms with Crippen molar-refractivity contribution < 1.29 is 0 Å². The molecule has 2 aromatic heterocycles. The molecule has 0 spiro atoms. The number of aromatic amines is 1. The van der Waals surface area contributed by atoms with Crippen LogP contribution in [0.3, 0.4) is 0 Å². The van der Waals surface area contributed by atoms with Crippen LogP contribution in [0.15, 0.2) is 67.7 Å². The molecule has 4 rings (SSSR count). The average molecular weight is 488 g/mol. The Hall–Kier alpha value is -3.17. The van der Waals surface area contributed by atoms with Gasteiger partial charge in [-0.2, -0.15) is 10.1 Å². The third kappa shape index (κ3) is 3.94. The molecule has 0 unspecified atom stereocenters. The fourth-order valence-corrected chi connectivity index (χ4v) is 3.44. The van der Waals surface area contributed by atoms with Crippen LogP contribution in [0.5, 0.6) is 0 Å². The molecule has 0 fully saturated rings. The van der Waals surface area contributed by atoms with Gasteiger partial charge in [-0.3, -0.25) is 18.9 Å². The second-order valence-corrected chi connectivity index (χ2v) is 7.85. The lowest BCUT2D eigenvalue weighted by atomic mass is 10.2. The highest BCUT2D eigenvalue weighted by molar-refractivity contribution is 9.10. The first kappa shape index (κ1) is 20.1. The van der Waals surface area contributed by atoms with E-state index in [4.69, 9.17) is 11.6 Å². The van der Waals surface area contributed by atoms with Crippen molar-refractivity contribution in [2.24, 2.45) is 12.1 Å². The molecular formula is C20H16BrClN6O2. The quantitative estimate of drug-likeness (QED) is 0.333. The summed E-state index contributed by atoms with van der Waals surface area (Å²) in [5, 5.41) is 4.80. The predicted octanol–water partition coefficient (Wildman–Crippen LogP) is 3.33. The Labute approximate surface area is 184 Å². The number of imidazole rings is 1. The lowest BCUT2D eigenvalue weighted by Crippen LogP contribution is -2.29. The van der Waals surface area contributed by atoms with E-state index in [1.54, 1.807) is 23.9 Å². The van der Waals surface area contributed by atoms with Crippen molar-refractivity contribution >= 4 is 50.9 Å². The van der Waals surface area contributed by atoms with E-state index in [0.29, 0.717) is 11.0 Å². The Morgan fingerprint density at radius 2 is 1.93 bits per heavy atom. The van der Waals surface area contributed by atoms with Crippen molar-refractivity contribution in [1.82, 2.24) is 19.1 Å². The molecule has 0 saturated carbocycles. The van der Waals surface area contributed by atoms with Gasteiger partial charge in [-0.05, 0) is 29.3 Å². The van der Waals surface area contributed by atoms with Gasteiger partial charge in [0.05, 0.1) is 12.8 Å². The Balaban J connectivity index is 1.79. The standard InChI is InChI=1S/C20H16BrClN6O2/c1-27-17-16(18(29)25-20(27)30)28(11-13-4-2-3-5-15(13)22)19(24-17)26-23-10-12-6-8-14(21)9-7-12/h2-10H,11H2,1H3,(H,24,26)(H,25,29,30)/b23-10-. The summed E-state index contributed by atoms with van der Waals surface area (Å²) in [4.78, 5) is 31.3. The molecule has 0 atom stereocenters. The first-order valence-electron chi connectivity index (χ1n) is 8.91. The Bertz CT molecular complexity index is 1370. The molecule has 2 aromatic carbocycles. The molecule has 0 aliphatic heterocycles. The third-order valence-electron chi connectivity index (χ3n) is 4.54. The summed E-state index contributed by atoms with van der Waals surface area (Å²) in [6, 6.07) is 14.9. The second kappa shape index (κ2) is 8.29. The number of anilines is 1. The minimum Gasteiger partial charge on any atom is -0.298 e. The van der Waals surface area contributed by atoms with Crippen LogP contribution in [0.1, 0.15) is 11.1 Å². The zero-order valence-electron chi connectivity index (χ0n) is 15.8. The number of rotatable bonds is 5. The van der Waals surface area contributed by atoms with Gasteiger partial charge in [0.25, 0.3) is 5.56 Å². The lowest BCUT2D eigenvalue weighted by Gasteiger charge is -2.09. The number of halogens is 2. The van der Waals surface area contributed by atoms with Crippen molar-refractivity contribution in [3.05, 3.63) is 90.0 Å². The van der Waals surface area contributed by atoms with Crippen LogP contribution in [0.4, 0.5) is 5.95 Å². The maximum Gasteiger partial charge on any atom is 0.329 e. The van der Waals surface area contributed by atoms with Crippen molar-refractivity contribution in [3.8, 4) is 0 Å². The average Bonchev–Trinajstić information content (AvgIpc) is 3.08. The molecule has 2 heterocycles. The number of hydrogen-bond donors (Lipinski definition) is 2. The number of hydrazone groups is 1. The summed E-state index contributed by atoms with van der Waals surface area (Å²) in [5.74, 6) is 0.310. The molecule has 4 aromatic rings. The van der Waals surface area contributed by atoms with Crippen LogP contribution in [0.2, 0.25) is 5.02 Å². The van der Waals surface area contributed by atoms with E-state index in [0.717, 1.165) is 15.6 Å². The van der Waals surface area contributed by atoms with Gasteiger partial charge in [-0.15, -0.1) is 0 Å². The normalized spacial score (nSPS) is 11.4. The molecule has 30 heavy (non-hydrogen) atoms. The summed E-state index contributed by atoms with van der Waals surface area (Å²) >= 11 is 9.70. The van der Waals surface area contributed by atoms with Gasteiger partial charge < -0.3 is 0 Å². The third-order valence-corrected chi connectivity index (χ3v) is 5.44. The van der Waals surface area contributed by atoms with Gasteiger partial charge in [0.2, 0.25) is 5.95 Å². The van der Waals surface area contributed by atoms with E-state index in [1.165, 1.54) is 4.57 Å². The summed E-state index contributed by atoms with van der Waals surface area (Å²) in [5.41, 5.74) is 3.98. The molecular weight excluding hydrogens is 472 g/mol. The van der Waals surface area contributed by atoms with E-state index in [9.17, 15) is 9.59 Å². The Morgan fingerprint density at radius 1 is 1.20 bits per heavy atom. The van der Waals surface area contributed by atoms with Crippen LogP contribution >= 0.6 is 27.5 Å². The Kier molecular flexibility index (Phi) is 5.56. The molecule has 0 amide bonds. The monoisotopic (exact) mass is 486 g/mol. The van der Waals surface area contributed by atoms with Crippen LogP contribution in [-0.2, 0) is 13.6 Å². The minimum atomic E-state index is -0.542.